The van der Waals surface area contributed by atoms with Crippen LogP contribution < -0.4 is 8.85 Å². The zero-order valence-corrected chi connectivity index (χ0v) is 10.2. The summed E-state index contributed by atoms with van der Waals surface area (Å²) in [5.41, 5.74) is 0. The molecular weight excluding hydrogens is 202 g/mol. The fourth-order valence-electron chi connectivity index (χ4n) is 1.51. The van der Waals surface area contributed by atoms with Gasteiger partial charge in [0.25, 0.3) is 0 Å². The highest BCUT2D eigenvalue weighted by molar-refractivity contribution is 7.68. The van der Waals surface area contributed by atoms with Crippen LogP contribution in [0.1, 0.15) is 0 Å². The van der Waals surface area contributed by atoms with E-state index in [1.165, 1.54) is 8.85 Å². The second kappa shape index (κ2) is 4.76. The van der Waals surface area contributed by atoms with Gasteiger partial charge in [-0.25, -0.2) is 0 Å². The highest BCUT2D eigenvalue weighted by Crippen LogP contribution is 1.98. The van der Waals surface area contributed by atoms with E-state index in [1.54, 1.807) is 0 Å². The molecule has 0 aliphatic rings. The molecule has 68 valence electrons. The van der Waals surface area contributed by atoms with E-state index in [-0.39, 0.29) is 0 Å². The summed E-state index contributed by atoms with van der Waals surface area (Å²) in [5.74, 6) is 0. The molecule has 14 heavy (non-hydrogen) atoms. The second-order valence-electron chi connectivity index (χ2n) is 3.30. The van der Waals surface area contributed by atoms with Crippen molar-refractivity contribution in [3.05, 3.63) is 60.7 Å². The summed E-state index contributed by atoms with van der Waals surface area (Å²) < 4.78 is 2.95. The van der Waals surface area contributed by atoms with Crippen LogP contribution in [0.2, 0.25) is 0 Å². The van der Waals surface area contributed by atoms with E-state index < -0.39 is 13.7 Å². The van der Waals surface area contributed by atoms with E-state index in [2.05, 4.69) is 68.6 Å². The Morgan fingerprint density at radius 2 is 1.00 bits per heavy atom. The maximum Gasteiger partial charge on any atom is 0.374 e. The first-order valence-corrected chi connectivity index (χ1v) is 8.55. The maximum atomic E-state index is 3.03. The van der Waals surface area contributed by atoms with Gasteiger partial charge < -0.3 is 0 Å². The zero-order valence-electron chi connectivity index (χ0n) is 7.93. The van der Waals surface area contributed by atoms with Gasteiger partial charge in [-0.2, -0.15) is 7.89 Å². The fraction of sp³-hybridized carbons (Fsp3) is 0. The fourth-order valence-corrected chi connectivity index (χ4v) is 4.51. The Bertz CT molecular complexity index is 346. The Morgan fingerprint density at radius 3 is 1.36 bits per heavy atom. The molecule has 0 amide bonds. The first-order valence-electron chi connectivity index (χ1n) is 4.73. The van der Waals surface area contributed by atoms with Crippen LogP contribution in [-0.4, -0.2) is 13.7 Å². The minimum Gasteiger partial charge on any atom is -0.193 e. The number of hydrogen-bond acceptors (Lipinski definition) is 0. The van der Waals surface area contributed by atoms with Crippen LogP contribution in [0, 0.1) is 0 Å². The SMILES string of the molecule is [PH2][Al]([c]1ccccc1)[c]1ccccc1. The van der Waals surface area contributed by atoms with Crippen LogP contribution >= 0.6 is 7.89 Å². The van der Waals surface area contributed by atoms with Gasteiger partial charge in [0.15, 0.2) is 0 Å². The third kappa shape index (κ3) is 2.25. The summed E-state index contributed by atoms with van der Waals surface area (Å²) >= 11 is -1.00. The molecule has 1 unspecified atom stereocenters. The highest BCUT2D eigenvalue weighted by atomic mass is 31.2. The minimum atomic E-state index is -1.00. The second-order valence-corrected chi connectivity index (χ2v) is 7.59. The third-order valence-corrected chi connectivity index (χ3v) is 6.83. The van der Waals surface area contributed by atoms with Crippen LogP contribution in [0.25, 0.3) is 0 Å². The molecule has 0 N–H and O–H groups in total. The van der Waals surface area contributed by atoms with Gasteiger partial charge >= 0.3 is 13.7 Å². The molecule has 0 aliphatic heterocycles. The van der Waals surface area contributed by atoms with Crippen LogP contribution in [-0.2, 0) is 0 Å². The summed E-state index contributed by atoms with van der Waals surface area (Å²) in [5, 5.41) is 0. The number of rotatable bonds is 2. The standard InChI is InChI=1S/2C6H5.Al.H2P/c2*1-2-4-6-5-3-1;;/h2*1-5H;;1H2/q;;+1;-1. The van der Waals surface area contributed by atoms with E-state index in [1.807, 2.05) is 0 Å². The monoisotopic (exact) mass is 214 g/mol. The molecule has 0 heterocycles. The maximum absolute atomic E-state index is 3.03. The molecule has 0 fully saturated rings. The van der Waals surface area contributed by atoms with E-state index >= 15 is 0 Å². The Kier molecular flexibility index (Phi) is 3.38. The Balaban J connectivity index is 2.30. The molecule has 0 radical (unpaired) electrons. The first-order chi connectivity index (χ1) is 6.88. The minimum absolute atomic E-state index is 1.00. The smallest absolute Gasteiger partial charge is 0.193 e. The Morgan fingerprint density at radius 1 is 0.643 bits per heavy atom. The molecule has 0 aliphatic carbocycles. The molecular formula is C12H12AlP. The average Bonchev–Trinajstić information content (AvgIpc) is 2.30. The van der Waals surface area contributed by atoms with Gasteiger partial charge in [-0.05, 0) is 0 Å². The van der Waals surface area contributed by atoms with Crippen LogP contribution in [0.5, 0.6) is 0 Å². The van der Waals surface area contributed by atoms with Gasteiger partial charge in [0, 0.05) is 0 Å². The van der Waals surface area contributed by atoms with Crippen molar-refractivity contribution in [2.45, 2.75) is 0 Å². The van der Waals surface area contributed by atoms with E-state index in [4.69, 9.17) is 0 Å². The molecule has 2 rings (SSSR count). The number of benzene rings is 2. The first kappa shape index (κ1) is 9.94. The average molecular weight is 214 g/mol. The van der Waals surface area contributed by atoms with Gasteiger partial charge in [-0.3, -0.25) is 0 Å². The van der Waals surface area contributed by atoms with Crippen molar-refractivity contribution in [1.29, 1.82) is 0 Å². The summed E-state index contributed by atoms with van der Waals surface area (Å²) in [4.78, 5) is 0. The van der Waals surface area contributed by atoms with E-state index in [0.29, 0.717) is 0 Å². The largest absolute Gasteiger partial charge is 0.374 e. The van der Waals surface area contributed by atoms with Gasteiger partial charge in [0.1, 0.15) is 0 Å². The van der Waals surface area contributed by atoms with Crippen molar-refractivity contribution in [2.75, 3.05) is 0 Å². The molecule has 2 aromatic carbocycles. The van der Waals surface area contributed by atoms with Gasteiger partial charge in [0.05, 0.1) is 0 Å². The molecule has 0 nitrogen and oxygen atoms in total. The predicted octanol–water partition coefficient (Wildman–Crippen LogP) is 1.67. The van der Waals surface area contributed by atoms with Crippen LogP contribution in [0.3, 0.4) is 0 Å². The summed E-state index contributed by atoms with van der Waals surface area (Å²) in [7, 11) is 3.03. The van der Waals surface area contributed by atoms with Crippen molar-refractivity contribution in [2.24, 2.45) is 0 Å². The van der Waals surface area contributed by atoms with Crippen LogP contribution in [0.15, 0.2) is 60.7 Å². The molecule has 0 bridgehead atoms. The van der Waals surface area contributed by atoms with Gasteiger partial charge in [-0.1, -0.05) is 69.5 Å². The van der Waals surface area contributed by atoms with Crippen molar-refractivity contribution in [3.63, 3.8) is 0 Å². The molecule has 0 aromatic heterocycles. The predicted molar refractivity (Wildman–Crippen MR) is 67.6 cm³/mol. The normalized spacial score (nSPS) is 9.79. The molecule has 0 saturated carbocycles. The zero-order chi connectivity index (χ0) is 9.80. The summed E-state index contributed by atoms with van der Waals surface area (Å²) in [6.07, 6.45) is 0. The lowest BCUT2D eigenvalue weighted by Crippen LogP contribution is -2.36. The highest BCUT2D eigenvalue weighted by Gasteiger charge is 2.15. The topological polar surface area (TPSA) is 0 Å². The summed E-state index contributed by atoms with van der Waals surface area (Å²) in [6, 6.07) is 21.5. The van der Waals surface area contributed by atoms with E-state index in [9.17, 15) is 0 Å². The lowest BCUT2D eigenvalue weighted by molar-refractivity contribution is 1.74. The van der Waals surface area contributed by atoms with Crippen molar-refractivity contribution in [1.82, 2.24) is 0 Å². The van der Waals surface area contributed by atoms with Crippen molar-refractivity contribution < 1.29 is 0 Å². The molecule has 2 aromatic rings. The quantitative estimate of drug-likeness (QED) is 0.527. The lowest BCUT2D eigenvalue weighted by atomic mass is 10.4. The Hall–Kier alpha value is -0.598. The third-order valence-electron chi connectivity index (χ3n) is 2.32. The van der Waals surface area contributed by atoms with E-state index in [0.717, 1.165) is 0 Å². The number of hydrogen-bond donors (Lipinski definition) is 0. The molecule has 0 spiro atoms. The van der Waals surface area contributed by atoms with Crippen molar-refractivity contribution >= 4 is 30.4 Å². The van der Waals surface area contributed by atoms with Crippen LogP contribution in [0.4, 0.5) is 0 Å². The van der Waals surface area contributed by atoms with Gasteiger partial charge in [-0.15, -0.1) is 0 Å². The van der Waals surface area contributed by atoms with Gasteiger partial charge in [0.2, 0.25) is 0 Å². The molecule has 0 saturated heterocycles. The lowest BCUT2D eigenvalue weighted by Gasteiger charge is -2.06. The van der Waals surface area contributed by atoms with Crippen molar-refractivity contribution in [3.8, 4) is 0 Å². The molecule has 2 heteroatoms. The molecule has 1 atom stereocenters. The Labute approximate surface area is 91.2 Å². The summed E-state index contributed by atoms with van der Waals surface area (Å²) in [6.45, 7) is 0.